The molecule has 0 amide bonds. The summed E-state index contributed by atoms with van der Waals surface area (Å²) in [4.78, 5) is 14.7. The summed E-state index contributed by atoms with van der Waals surface area (Å²) < 4.78 is 6.26. The van der Waals surface area contributed by atoms with Crippen LogP contribution in [-0.4, -0.2) is 45.5 Å². The van der Waals surface area contributed by atoms with Gasteiger partial charge in [-0.2, -0.15) is 4.98 Å². The first kappa shape index (κ1) is 21.9. The molecule has 0 aliphatic carbocycles. The van der Waals surface area contributed by atoms with Crippen molar-refractivity contribution in [3.8, 4) is 5.88 Å². The summed E-state index contributed by atoms with van der Waals surface area (Å²) in [5, 5.41) is 4.66. The van der Waals surface area contributed by atoms with Crippen LogP contribution < -0.4 is 10.1 Å². The zero-order valence-electron chi connectivity index (χ0n) is 17.5. The molecular formula is C23H27Cl2N5O. The number of hydrogen-bond donors (Lipinski definition) is 2. The highest BCUT2D eigenvalue weighted by Gasteiger charge is 2.23. The van der Waals surface area contributed by atoms with E-state index in [4.69, 9.17) is 27.9 Å². The van der Waals surface area contributed by atoms with Gasteiger partial charge in [0.15, 0.2) is 6.10 Å². The molecule has 3 heterocycles. The molecule has 2 N–H and O–H groups in total. The van der Waals surface area contributed by atoms with E-state index < -0.39 is 0 Å². The molecule has 8 heteroatoms. The Labute approximate surface area is 193 Å². The van der Waals surface area contributed by atoms with E-state index in [2.05, 4.69) is 32.1 Å². The number of rotatable bonds is 9. The third-order valence-electron chi connectivity index (χ3n) is 5.58. The maximum absolute atomic E-state index is 6.26. The first-order chi connectivity index (χ1) is 15.1. The summed E-state index contributed by atoms with van der Waals surface area (Å²) in [6, 6.07) is 11.8. The fraction of sp³-hybridized carbons (Fsp3) is 0.391. The average molecular weight is 460 g/mol. The summed E-state index contributed by atoms with van der Waals surface area (Å²) in [5.74, 6) is 2.07. The van der Waals surface area contributed by atoms with Crippen LogP contribution in [0.25, 0.3) is 0 Å². The Morgan fingerprint density at radius 2 is 2.10 bits per heavy atom. The Morgan fingerprint density at radius 1 is 1.26 bits per heavy atom. The van der Waals surface area contributed by atoms with Gasteiger partial charge in [-0.05, 0) is 55.8 Å². The fourth-order valence-electron chi connectivity index (χ4n) is 4.08. The number of likely N-dealkylation sites (tertiary alicyclic amines) is 1. The average Bonchev–Trinajstić information content (AvgIpc) is 3.43. The molecule has 3 aromatic rings. The number of nitrogens with one attached hydrogen (secondary N) is 2. The standard InChI is InChI=1S/C23H27Cl2N5O/c1-2-30-10-4-5-19(30)15-28-21-6-3-7-22(29-21)31-20(23-26-8-9-27-23)13-16-11-17(24)14-18(25)12-16/h3,6-9,11-12,14,19-20H,2,4-5,10,13,15H2,1H3,(H,26,27)(H,28,29). The van der Waals surface area contributed by atoms with Gasteiger partial charge < -0.3 is 15.0 Å². The summed E-state index contributed by atoms with van der Waals surface area (Å²) in [7, 11) is 0. The van der Waals surface area contributed by atoms with E-state index in [1.165, 1.54) is 19.4 Å². The maximum atomic E-state index is 6.26. The number of hydrogen-bond acceptors (Lipinski definition) is 5. The molecule has 0 radical (unpaired) electrons. The number of benzene rings is 1. The van der Waals surface area contributed by atoms with Gasteiger partial charge in [-0.3, -0.25) is 4.90 Å². The second kappa shape index (κ2) is 10.4. The van der Waals surface area contributed by atoms with Crippen molar-refractivity contribution in [3.63, 3.8) is 0 Å². The van der Waals surface area contributed by atoms with Crippen molar-refractivity contribution in [3.05, 3.63) is 70.2 Å². The largest absolute Gasteiger partial charge is 0.466 e. The molecule has 0 bridgehead atoms. The molecule has 2 atom stereocenters. The molecule has 2 aromatic heterocycles. The van der Waals surface area contributed by atoms with Crippen molar-refractivity contribution in [2.45, 2.75) is 38.3 Å². The van der Waals surface area contributed by atoms with Gasteiger partial charge in [-0.1, -0.05) is 36.2 Å². The van der Waals surface area contributed by atoms with Crippen LogP contribution in [0.1, 0.15) is 37.3 Å². The molecule has 4 rings (SSSR count). The van der Waals surface area contributed by atoms with E-state index in [1.807, 2.05) is 30.3 Å². The maximum Gasteiger partial charge on any atom is 0.215 e. The number of aromatic nitrogens is 3. The van der Waals surface area contributed by atoms with Crippen molar-refractivity contribution in [1.82, 2.24) is 19.9 Å². The minimum Gasteiger partial charge on any atom is -0.466 e. The third-order valence-corrected chi connectivity index (χ3v) is 6.01. The number of ether oxygens (including phenoxy) is 1. The summed E-state index contributed by atoms with van der Waals surface area (Å²) in [5.41, 5.74) is 0.967. The lowest BCUT2D eigenvalue weighted by Gasteiger charge is -2.23. The van der Waals surface area contributed by atoms with Gasteiger partial charge in [0.25, 0.3) is 0 Å². The minimum absolute atomic E-state index is 0.349. The molecule has 0 spiro atoms. The molecule has 31 heavy (non-hydrogen) atoms. The van der Waals surface area contributed by atoms with E-state index in [9.17, 15) is 0 Å². The molecule has 2 unspecified atom stereocenters. The highest BCUT2D eigenvalue weighted by atomic mass is 35.5. The number of halogens is 2. The second-order valence-corrected chi connectivity index (χ2v) is 8.60. The van der Waals surface area contributed by atoms with Crippen LogP contribution >= 0.6 is 23.2 Å². The zero-order chi connectivity index (χ0) is 21.6. The van der Waals surface area contributed by atoms with Gasteiger partial charge >= 0.3 is 0 Å². The molecule has 1 aliphatic rings. The van der Waals surface area contributed by atoms with Crippen molar-refractivity contribution in [2.75, 3.05) is 25.0 Å². The van der Waals surface area contributed by atoms with Crippen LogP contribution in [0.15, 0.2) is 48.8 Å². The molecule has 1 fully saturated rings. The minimum atomic E-state index is -0.349. The van der Waals surface area contributed by atoms with Crippen LogP contribution in [0.2, 0.25) is 10.0 Å². The van der Waals surface area contributed by atoms with Gasteiger partial charge in [0.2, 0.25) is 5.88 Å². The quantitative estimate of drug-likeness (QED) is 0.450. The molecule has 164 valence electrons. The lowest BCUT2D eigenvalue weighted by atomic mass is 10.1. The van der Waals surface area contributed by atoms with Crippen LogP contribution in [0.5, 0.6) is 5.88 Å². The van der Waals surface area contributed by atoms with E-state index in [1.54, 1.807) is 18.5 Å². The lowest BCUT2D eigenvalue weighted by Crippen LogP contribution is -2.34. The highest BCUT2D eigenvalue weighted by Crippen LogP contribution is 2.27. The monoisotopic (exact) mass is 459 g/mol. The topological polar surface area (TPSA) is 66.1 Å². The Bertz CT molecular complexity index is 962. The molecule has 1 saturated heterocycles. The van der Waals surface area contributed by atoms with Crippen molar-refractivity contribution in [2.24, 2.45) is 0 Å². The van der Waals surface area contributed by atoms with Gasteiger partial charge in [0, 0.05) is 47.5 Å². The third kappa shape index (κ3) is 5.91. The smallest absolute Gasteiger partial charge is 0.215 e. The fourth-order valence-corrected chi connectivity index (χ4v) is 4.65. The Kier molecular flexibility index (Phi) is 7.33. The second-order valence-electron chi connectivity index (χ2n) is 7.73. The predicted octanol–water partition coefficient (Wildman–Crippen LogP) is 5.37. The molecule has 1 aliphatic heterocycles. The Hall–Kier alpha value is -2.28. The lowest BCUT2D eigenvalue weighted by molar-refractivity contribution is 0.189. The van der Waals surface area contributed by atoms with Gasteiger partial charge in [-0.25, -0.2) is 4.98 Å². The Balaban J connectivity index is 1.46. The Morgan fingerprint density at radius 3 is 2.84 bits per heavy atom. The van der Waals surface area contributed by atoms with Crippen molar-refractivity contribution in [1.29, 1.82) is 0 Å². The number of nitrogens with zero attached hydrogens (tertiary/aromatic N) is 3. The molecule has 1 aromatic carbocycles. The first-order valence-electron chi connectivity index (χ1n) is 10.7. The number of anilines is 1. The van der Waals surface area contributed by atoms with E-state index in [0.29, 0.717) is 28.4 Å². The number of H-pyrrole nitrogens is 1. The van der Waals surface area contributed by atoms with Crippen LogP contribution in [0.4, 0.5) is 5.82 Å². The van der Waals surface area contributed by atoms with Crippen LogP contribution in [-0.2, 0) is 6.42 Å². The van der Waals surface area contributed by atoms with Gasteiger partial charge in [-0.15, -0.1) is 0 Å². The molecular weight excluding hydrogens is 433 g/mol. The SMILES string of the molecule is CCN1CCCC1CNc1cccc(OC(Cc2cc(Cl)cc(Cl)c2)c2ncc[nH]2)n1. The van der Waals surface area contributed by atoms with Crippen LogP contribution in [0, 0.1) is 0 Å². The van der Waals surface area contributed by atoms with Gasteiger partial charge in [0.1, 0.15) is 11.6 Å². The first-order valence-corrected chi connectivity index (χ1v) is 11.4. The van der Waals surface area contributed by atoms with E-state index in [0.717, 1.165) is 30.3 Å². The summed E-state index contributed by atoms with van der Waals surface area (Å²) >= 11 is 12.4. The van der Waals surface area contributed by atoms with E-state index >= 15 is 0 Å². The number of aromatic amines is 1. The number of likely N-dealkylation sites (N-methyl/N-ethyl adjacent to an activating group) is 1. The number of imidazole rings is 1. The van der Waals surface area contributed by atoms with Crippen molar-refractivity contribution < 1.29 is 4.74 Å². The highest BCUT2D eigenvalue weighted by molar-refractivity contribution is 6.34. The number of pyridine rings is 1. The molecule has 6 nitrogen and oxygen atoms in total. The summed E-state index contributed by atoms with van der Waals surface area (Å²) in [6.45, 7) is 5.36. The van der Waals surface area contributed by atoms with Crippen molar-refractivity contribution >= 4 is 29.0 Å². The van der Waals surface area contributed by atoms with Crippen LogP contribution in [0.3, 0.4) is 0 Å². The summed E-state index contributed by atoms with van der Waals surface area (Å²) in [6.07, 6.45) is 6.18. The van der Waals surface area contributed by atoms with E-state index in [-0.39, 0.29) is 6.10 Å². The zero-order valence-corrected chi connectivity index (χ0v) is 19.0. The normalized spacial score (nSPS) is 17.6. The van der Waals surface area contributed by atoms with Gasteiger partial charge in [0.05, 0.1) is 0 Å². The predicted molar refractivity (Wildman–Crippen MR) is 125 cm³/mol. The molecule has 0 saturated carbocycles.